The topological polar surface area (TPSA) is 52.6 Å². The molecule has 150 valence electrons. The summed E-state index contributed by atoms with van der Waals surface area (Å²) in [7, 11) is 0. The van der Waals surface area contributed by atoms with Gasteiger partial charge in [0.05, 0.1) is 11.1 Å². The third-order valence-electron chi connectivity index (χ3n) is 4.55. The van der Waals surface area contributed by atoms with Crippen molar-refractivity contribution >= 4 is 41.0 Å². The second-order valence-electron chi connectivity index (χ2n) is 6.57. The van der Waals surface area contributed by atoms with Crippen LogP contribution in [0.4, 0.5) is 4.39 Å². The van der Waals surface area contributed by atoms with Gasteiger partial charge in [-0.2, -0.15) is 0 Å². The average Bonchev–Trinajstić information content (AvgIpc) is 3.02. The molecule has 0 aliphatic carbocycles. The Morgan fingerprint density at radius 2 is 1.90 bits per heavy atom. The fourth-order valence-electron chi connectivity index (χ4n) is 3.01. The van der Waals surface area contributed by atoms with Crippen LogP contribution in [0.5, 0.6) is 11.5 Å². The number of esters is 1. The van der Waals surface area contributed by atoms with E-state index in [2.05, 4.69) is 0 Å². The molecule has 1 heterocycles. The maximum atomic E-state index is 13.4. The Balaban J connectivity index is 1.63. The van der Waals surface area contributed by atoms with Gasteiger partial charge in [-0.3, -0.25) is 4.79 Å². The molecule has 0 radical (unpaired) electrons. The van der Waals surface area contributed by atoms with Gasteiger partial charge in [0.1, 0.15) is 17.3 Å². The molecule has 0 aromatic heterocycles. The Hall–Kier alpha value is -3.15. The number of ketones is 1. The highest BCUT2D eigenvalue weighted by Gasteiger charge is 2.30. The standard InChI is InChI=1S/C23H13Cl2FO4/c1-12-19(30-23(28)14-3-2-4-16(26)9-14)8-7-17-21(27)20(29-22(12)17)10-13-5-6-15(24)11-18(13)25/h2-11H,1H3/b20-10-. The predicted octanol–water partition coefficient (Wildman–Crippen LogP) is 6.28. The number of hydrogen-bond donors (Lipinski definition) is 0. The number of ether oxygens (including phenoxy) is 2. The van der Waals surface area contributed by atoms with Crippen LogP contribution in [0.15, 0.2) is 60.4 Å². The molecule has 0 saturated heterocycles. The fraction of sp³-hybridized carbons (Fsp3) is 0.0435. The molecule has 30 heavy (non-hydrogen) atoms. The lowest BCUT2D eigenvalue weighted by Gasteiger charge is -2.10. The van der Waals surface area contributed by atoms with E-state index in [1.54, 1.807) is 25.1 Å². The lowest BCUT2D eigenvalue weighted by atomic mass is 10.1. The number of fused-ring (bicyclic) bond motifs is 1. The summed E-state index contributed by atoms with van der Waals surface area (Å²) >= 11 is 12.1. The molecule has 4 rings (SSSR count). The molecule has 0 unspecified atom stereocenters. The first kappa shape index (κ1) is 20.1. The van der Waals surface area contributed by atoms with E-state index in [0.717, 1.165) is 6.07 Å². The number of rotatable bonds is 3. The molecule has 0 N–H and O–H groups in total. The van der Waals surface area contributed by atoms with Crippen molar-refractivity contribution in [3.8, 4) is 11.5 Å². The van der Waals surface area contributed by atoms with Gasteiger partial charge in [-0.15, -0.1) is 0 Å². The SMILES string of the molecule is Cc1c(OC(=O)c2cccc(F)c2)ccc2c1O/C(=C\c1ccc(Cl)cc1Cl)C2=O. The number of Topliss-reactive ketones (excluding diaryl/α,β-unsaturated/α-hetero) is 1. The number of carbonyl (C=O) groups is 2. The van der Waals surface area contributed by atoms with Crippen LogP contribution in [0.1, 0.15) is 31.8 Å². The Morgan fingerprint density at radius 3 is 2.63 bits per heavy atom. The minimum Gasteiger partial charge on any atom is -0.452 e. The average molecular weight is 443 g/mol. The molecule has 0 spiro atoms. The van der Waals surface area contributed by atoms with Crippen molar-refractivity contribution in [2.45, 2.75) is 6.92 Å². The van der Waals surface area contributed by atoms with E-state index in [0.29, 0.717) is 32.5 Å². The zero-order valence-corrected chi connectivity index (χ0v) is 17.1. The highest BCUT2D eigenvalue weighted by molar-refractivity contribution is 6.35. The molecule has 0 fully saturated rings. The lowest BCUT2D eigenvalue weighted by Crippen LogP contribution is -2.09. The monoisotopic (exact) mass is 442 g/mol. The van der Waals surface area contributed by atoms with Gasteiger partial charge < -0.3 is 9.47 Å². The molecular formula is C23H13Cl2FO4. The van der Waals surface area contributed by atoms with Gasteiger partial charge in [0.25, 0.3) is 0 Å². The lowest BCUT2D eigenvalue weighted by molar-refractivity contribution is 0.0732. The molecule has 4 nitrogen and oxygen atoms in total. The number of allylic oxidation sites excluding steroid dienone is 1. The largest absolute Gasteiger partial charge is 0.452 e. The van der Waals surface area contributed by atoms with Crippen LogP contribution in [-0.4, -0.2) is 11.8 Å². The summed E-state index contributed by atoms with van der Waals surface area (Å²) in [6, 6.07) is 13.1. The third-order valence-corrected chi connectivity index (χ3v) is 5.11. The zero-order chi connectivity index (χ0) is 21.4. The van der Waals surface area contributed by atoms with Crippen LogP contribution in [0.25, 0.3) is 6.08 Å². The molecule has 1 aliphatic rings. The molecule has 0 bridgehead atoms. The molecule has 1 aliphatic heterocycles. The normalized spacial score (nSPS) is 13.9. The van der Waals surface area contributed by atoms with Gasteiger partial charge in [-0.25, -0.2) is 9.18 Å². The molecule has 3 aromatic rings. The zero-order valence-electron chi connectivity index (χ0n) is 15.5. The van der Waals surface area contributed by atoms with Crippen molar-refractivity contribution in [2.75, 3.05) is 0 Å². The van der Waals surface area contributed by atoms with Gasteiger partial charge in [0, 0.05) is 15.6 Å². The van der Waals surface area contributed by atoms with Gasteiger partial charge in [0.2, 0.25) is 5.78 Å². The first-order valence-electron chi connectivity index (χ1n) is 8.84. The minimum atomic E-state index is -0.717. The van der Waals surface area contributed by atoms with Crippen LogP contribution in [-0.2, 0) is 0 Å². The molecule has 3 aromatic carbocycles. The number of benzene rings is 3. The van der Waals surface area contributed by atoms with E-state index in [4.69, 9.17) is 32.7 Å². The maximum absolute atomic E-state index is 13.4. The molecular weight excluding hydrogens is 430 g/mol. The van der Waals surface area contributed by atoms with Crippen LogP contribution < -0.4 is 9.47 Å². The Morgan fingerprint density at radius 1 is 1.10 bits per heavy atom. The summed E-state index contributed by atoms with van der Waals surface area (Å²) in [6.45, 7) is 1.67. The Labute approximate surface area is 181 Å². The predicted molar refractivity (Wildman–Crippen MR) is 112 cm³/mol. The second-order valence-corrected chi connectivity index (χ2v) is 7.41. The summed E-state index contributed by atoms with van der Waals surface area (Å²) in [5.41, 5.74) is 1.46. The van der Waals surface area contributed by atoms with Crippen molar-refractivity contribution in [3.05, 3.63) is 98.5 Å². The van der Waals surface area contributed by atoms with Crippen LogP contribution >= 0.6 is 23.2 Å². The number of carbonyl (C=O) groups excluding carboxylic acids is 2. The van der Waals surface area contributed by atoms with Gasteiger partial charge >= 0.3 is 5.97 Å². The number of halogens is 3. The third kappa shape index (κ3) is 3.82. The molecule has 7 heteroatoms. The number of hydrogen-bond acceptors (Lipinski definition) is 4. The fourth-order valence-corrected chi connectivity index (χ4v) is 3.48. The summed E-state index contributed by atoms with van der Waals surface area (Å²) in [5.74, 6) is -0.985. The van der Waals surface area contributed by atoms with Crippen molar-refractivity contribution in [3.63, 3.8) is 0 Å². The molecule has 0 atom stereocenters. The summed E-state index contributed by atoms with van der Waals surface area (Å²) < 4.78 is 24.5. The Bertz CT molecular complexity index is 1230. The second kappa shape index (κ2) is 7.94. The minimum absolute atomic E-state index is 0.0739. The van der Waals surface area contributed by atoms with E-state index in [1.165, 1.54) is 36.4 Å². The van der Waals surface area contributed by atoms with E-state index >= 15 is 0 Å². The van der Waals surface area contributed by atoms with E-state index < -0.39 is 11.8 Å². The van der Waals surface area contributed by atoms with Gasteiger partial charge in [-0.1, -0.05) is 35.3 Å². The van der Waals surface area contributed by atoms with Crippen molar-refractivity contribution in [1.29, 1.82) is 0 Å². The first-order valence-corrected chi connectivity index (χ1v) is 9.60. The van der Waals surface area contributed by atoms with Crippen molar-refractivity contribution in [1.82, 2.24) is 0 Å². The quantitative estimate of drug-likeness (QED) is 0.272. The van der Waals surface area contributed by atoms with Crippen LogP contribution in [0.3, 0.4) is 0 Å². The van der Waals surface area contributed by atoms with Crippen molar-refractivity contribution < 1.29 is 23.5 Å². The summed E-state index contributed by atoms with van der Waals surface area (Å²) in [6.07, 6.45) is 1.53. The van der Waals surface area contributed by atoms with E-state index in [1.807, 2.05) is 0 Å². The Kier molecular flexibility index (Phi) is 5.33. The van der Waals surface area contributed by atoms with Gasteiger partial charge in [0.15, 0.2) is 5.76 Å². The molecule has 0 amide bonds. The summed E-state index contributed by atoms with van der Waals surface area (Å²) in [5, 5.41) is 0.855. The van der Waals surface area contributed by atoms with Crippen LogP contribution in [0, 0.1) is 12.7 Å². The smallest absolute Gasteiger partial charge is 0.343 e. The highest BCUT2D eigenvalue weighted by Crippen LogP contribution is 2.40. The van der Waals surface area contributed by atoms with E-state index in [9.17, 15) is 14.0 Å². The first-order chi connectivity index (χ1) is 14.3. The van der Waals surface area contributed by atoms with E-state index in [-0.39, 0.29) is 22.9 Å². The van der Waals surface area contributed by atoms with Gasteiger partial charge in [-0.05, 0) is 61.0 Å². The molecule has 0 saturated carbocycles. The maximum Gasteiger partial charge on any atom is 0.343 e. The highest BCUT2D eigenvalue weighted by atomic mass is 35.5. The van der Waals surface area contributed by atoms with Crippen LogP contribution in [0.2, 0.25) is 10.0 Å². The summed E-state index contributed by atoms with van der Waals surface area (Å²) in [4.78, 5) is 25.0. The van der Waals surface area contributed by atoms with Crippen molar-refractivity contribution in [2.24, 2.45) is 0 Å².